The molecule has 1 atom stereocenters. The van der Waals surface area contributed by atoms with Crippen molar-refractivity contribution in [3.05, 3.63) is 42.1 Å². The summed E-state index contributed by atoms with van der Waals surface area (Å²) in [6, 6.07) is 9.28. The fourth-order valence-corrected chi connectivity index (χ4v) is 3.07. The Bertz CT molecular complexity index is 735. The second kappa shape index (κ2) is 8.07. The van der Waals surface area contributed by atoms with E-state index in [-0.39, 0.29) is 18.0 Å². The third-order valence-electron chi connectivity index (χ3n) is 4.30. The second-order valence-corrected chi connectivity index (χ2v) is 6.27. The topological polar surface area (TPSA) is 81.3 Å². The molecule has 1 aliphatic heterocycles. The van der Waals surface area contributed by atoms with E-state index in [9.17, 15) is 4.79 Å². The summed E-state index contributed by atoms with van der Waals surface area (Å²) >= 11 is 0. The first-order valence-corrected chi connectivity index (χ1v) is 8.77. The zero-order chi connectivity index (χ0) is 17.6. The highest BCUT2D eigenvalue weighted by atomic mass is 16.5. The van der Waals surface area contributed by atoms with Crippen LogP contribution in [0.3, 0.4) is 0 Å². The lowest BCUT2D eigenvalue weighted by atomic mass is 10.0. The molecule has 3 rings (SSSR count). The average molecular weight is 340 g/mol. The Morgan fingerprint density at radius 1 is 1.40 bits per heavy atom. The lowest BCUT2D eigenvalue weighted by molar-refractivity contribution is 0.00211. The van der Waals surface area contributed by atoms with Gasteiger partial charge in [-0.3, -0.25) is 4.79 Å². The Balaban J connectivity index is 1.75. The maximum Gasteiger partial charge on any atom is 0.253 e. The number of hydrogen-bond acceptors (Lipinski definition) is 5. The first-order chi connectivity index (χ1) is 12.2. The molecular formula is C19H24N4O2. The Morgan fingerprint density at radius 2 is 2.28 bits per heavy atom. The van der Waals surface area contributed by atoms with Crippen LogP contribution in [0.2, 0.25) is 0 Å². The zero-order valence-electron chi connectivity index (χ0n) is 14.5. The van der Waals surface area contributed by atoms with Gasteiger partial charge in [-0.15, -0.1) is 0 Å². The number of ether oxygens (including phenoxy) is 1. The van der Waals surface area contributed by atoms with Crippen molar-refractivity contribution in [3.63, 3.8) is 0 Å². The second-order valence-electron chi connectivity index (χ2n) is 6.27. The lowest BCUT2D eigenvalue weighted by Gasteiger charge is -2.32. The standard InChI is InChI=1S/C19H24N4O2/c1-2-11-25-16-7-4-10-23(13-16)18(24)15-6-3-5-14(12-15)17-8-9-21-19(20)22-17/h3,5-6,8-9,12,16H,2,4,7,10-11,13H2,1H3,(H2,20,21,22)/t16-/m0/s1. The molecular weight excluding hydrogens is 316 g/mol. The van der Waals surface area contributed by atoms with E-state index in [2.05, 4.69) is 16.9 Å². The van der Waals surface area contributed by atoms with Gasteiger partial charge < -0.3 is 15.4 Å². The normalized spacial score (nSPS) is 17.5. The molecule has 1 aromatic carbocycles. The zero-order valence-corrected chi connectivity index (χ0v) is 14.5. The molecule has 2 N–H and O–H groups in total. The molecule has 132 valence electrons. The van der Waals surface area contributed by atoms with Crippen molar-refractivity contribution in [2.45, 2.75) is 32.3 Å². The van der Waals surface area contributed by atoms with Gasteiger partial charge in [0.15, 0.2) is 0 Å². The van der Waals surface area contributed by atoms with Gasteiger partial charge in [0.1, 0.15) is 0 Å². The van der Waals surface area contributed by atoms with Crippen LogP contribution in [0.4, 0.5) is 5.95 Å². The summed E-state index contributed by atoms with van der Waals surface area (Å²) < 4.78 is 5.83. The first kappa shape index (κ1) is 17.4. The van der Waals surface area contributed by atoms with Crippen molar-refractivity contribution >= 4 is 11.9 Å². The summed E-state index contributed by atoms with van der Waals surface area (Å²) in [4.78, 5) is 22.9. The van der Waals surface area contributed by atoms with E-state index in [0.29, 0.717) is 17.8 Å². The van der Waals surface area contributed by atoms with Crippen LogP contribution in [0.5, 0.6) is 0 Å². The van der Waals surface area contributed by atoms with Crippen LogP contribution in [-0.4, -0.2) is 46.6 Å². The Kier molecular flexibility index (Phi) is 5.60. The Hall–Kier alpha value is -2.47. The predicted octanol–water partition coefficient (Wildman–Crippen LogP) is 2.76. The fourth-order valence-electron chi connectivity index (χ4n) is 3.07. The van der Waals surface area contributed by atoms with E-state index in [1.54, 1.807) is 12.3 Å². The van der Waals surface area contributed by atoms with Crippen molar-refractivity contribution in [1.29, 1.82) is 0 Å². The monoisotopic (exact) mass is 340 g/mol. The number of aromatic nitrogens is 2. The molecule has 1 fully saturated rings. The summed E-state index contributed by atoms with van der Waals surface area (Å²) in [6.07, 6.45) is 4.75. The molecule has 0 aliphatic carbocycles. The van der Waals surface area contributed by atoms with Crippen molar-refractivity contribution in [2.75, 3.05) is 25.4 Å². The van der Waals surface area contributed by atoms with Gasteiger partial charge >= 0.3 is 0 Å². The van der Waals surface area contributed by atoms with Crippen molar-refractivity contribution in [1.82, 2.24) is 14.9 Å². The molecule has 0 unspecified atom stereocenters. The highest BCUT2D eigenvalue weighted by molar-refractivity contribution is 5.95. The maximum atomic E-state index is 12.9. The van der Waals surface area contributed by atoms with Crippen LogP contribution in [-0.2, 0) is 4.74 Å². The largest absolute Gasteiger partial charge is 0.376 e. The molecule has 0 saturated carbocycles. The minimum atomic E-state index is 0.0358. The number of carbonyl (C=O) groups is 1. The number of amides is 1. The lowest BCUT2D eigenvalue weighted by Crippen LogP contribution is -2.43. The summed E-state index contributed by atoms with van der Waals surface area (Å²) in [5, 5.41) is 0. The number of hydrogen-bond donors (Lipinski definition) is 1. The van der Waals surface area contributed by atoms with Gasteiger partial charge in [0, 0.05) is 37.0 Å². The molecule has 6 nitrogen and oxygen atoms in total. The summed E-state index contributed by atoms with van der Waals surface area (Å²) in [5.74, 6) is 0.259. The van der Waals surface area contributed by atoms with E-state index in [4.69, 9.17) is 10.5 Å². The highest BCUT2D eigenvalue weighted by Gasteiger charge is 2.25. The average Bonchev–Trinajstić information content (AvgIpc) is 2.66. The van der Waals surface area contributed by atoms with Gasteiger partial charge in [0.05, 0.1) is 11.8 Å². The minimum Gasteiger partial charge on any atom is -0.376 e. The van der Waals surface area contributed by atoms with E-state index >= 15 is 0 Å². The molecule has 25 heavy (non-hydrogen) atoms. The third-order valence-corrected chi connectivity index (χ3v) is 4.30. The Labute approximate surface area is 148 Å². The predicted molar refractivity (Wildman–Crippen MR) is 97.0 cm³/mol. The summed E-state index contributed by atoms with van der Waals surface area (Å²) in [7, 11) is 0. The van der Waals surface area contributed by atoms with Gasteiger partial charge in [-0.05, 0) is 37.5 Å². The van der Waals surface area contributed by atoms with E-state index < -0.39 is 0 Å². The molecule has 0 spiro atoms. The number of nitrogens with two attached hydrogens (primary N) is 1. The van der Waals surface area contributed by atoms with Crippen LogP contribution >= 0.6 is 0 Å². The van der Waals surface area contributed by atoms with E-state index in [0.717, 1.165) is 38.0 Å². The summed E-state index contributed by atoms with van der Waals surface area (Å²) in [6.45, 7) is 4.27. The van der Waals surface area contributed by atoms with Crippen LogP contribution in [0, 0.1) is 0 Å². The molecule has 1 aliphatic rings. The fraction of sp³-hybridized carbons (Fsp3) is 0.421. The van der Waals surface area contributed by atoms with Crippen molar-refractivity contribution < 1.29 is 9.53 Å². The molecule has 1 aromatic heterocycles. The van der Waals surface area contributed by atoms with Gasteiger partial charge in [-0.2, -0.15) is 0 Å². The minimum absolute atomic E-state index is 0.0358. The smallest absolute Gasteiger partial charge is 0.253 e. The number of anilines is 1. The van der Waals surface area contributed by atoms with Crippen molar-refractivity contribution in [2.24, 2.45) is 0 Å². The SMILES string of the molecule is CCCO[C@H]1CCCN(C(=O)c2cccc(-c3ccnc(N)n3)c2)C1. The van der Waals surface area contributed by atoms with E-state index in [1.165, 1.54) is 0 Å². The molecule has 0 bridgehead atoms. The molecule has 2 aromatic rings. The van der Waals surface area contributed by atoms with Crippen LogP contribution in [0.1, 0.15) is 36.5 Å². The number of nitrogens with zero attached hydrogens (tertiary/aromatic N) is 3. The molecule has 0 radical (unpaired) electrons. The maximum absolute atomic E-state index is 12.9. The Morgan fingerprint density at radius 3 is 3.08 bits per heavy atom. The van der Waals surface area contributed by atoms with Crippen LogP contribution < -0.4 is 5.73 Å². The highest BCUT2D eigenvalue weighted by Crippen LogP contribution is 2.21. The summed E-state index contributed by atoms with van der Waals surface area (Å²) in [5.41, 5.74) is 7.88. The van der Waals surface area contributed by atoms with Gasteiger partial charge in [0.25, 0.3) is 5.91 Å². The van der Waals surface area contributed by atoms with Crippen molar-refractivity contribution in [3.8, 4) is 11.3 Å². The number of rotatable bonds is 5. The molecule has 6 heteroatoms. The first-order valence-electron chi connectivity index (χ1n) is 8.77. The molecule has 2 heterocycles. The van der Waals surface area contributed by atoms with Crippen LogP contribution in [0.25, 0.3) is 11.3 Å². The number of piperidine rings is 1. The van der Waals surface area contributed by atoms with E-state index in [1.807, 2.05) is 29.2 Å². The van der Waals surface area contributed by atoms with Gasteiger partial charge in [0.2, 0.25) is 5.95 Å². The van der Waals surface area contributed by atoms with Gasteiger partial charge in [-0.25, -0.2) is 9.97 Å². The molecule has 1 amide bonds. The number of carbonyl (C=O) groups excluding carboxylic acids is 1. The third kappa shape index (κ3) is 4.33. The van der Waals surface area contributed by atoms with Gasteiger partial charge in [-0.1, -0.05) is 19.1 Å². The number of likely N-dealkylation sites (tertiary alicyclic amines) is 1. The number of nitrogen functional groups attached to an aromatic ring is 1. The molecule has 1 saturated heterocycles. The number of benzene rings is 1. The van der Waals surface area contributed by atoms with Crippen LogP contribution in [0.15, 0.2) is 36.5 Å². The quantitative estimate of drug-likeness (QED) is 0.905.